The molecule has 1 aromatic carbocycles. The first kappa shape index (κ1) is 13.6. The van der Waals surface area contributed by atoms with Crippen LogP contribution in [0, 0.1) is 0 Å². The number of fused-ring (bicyclic) bond motifs is 1. The molecular formula is C17H24N2O. The molecule has 1 saturated heterocycles. The number of likely N-dealkylation sites (N-methyl/N-ethyl adjacent to an activating group) is 1. The number of amides is 1. The van der Waals surface area contributed by atoms with E-state index < -0.39 is 0 Å². The number of nitrogens with zero attached hydrogens (tertiary/aromatic N) is 1. The van der Waals surface area contributed by atoms with Gasteiger partial charge >= 0.3 is 0 Å². The standard InChI is InChI=1S/C17H24N2O/c1-12(18-16-8-9-17(20)19(2)11-16)14-7-6-13-4-3-5-15(13)10-14/h6-7,10,12,16,18H,3-5,8-9,11H2,1-2H3. The molecule has 0 saturated carbocycles. The van der Waals surface area contributed by atoms with Crippen LogP contribution in [0.25, 0.3) is 0 Å². The van der Waals surface area contributed by atoms with Crippen LogP contribution in [0.15, 0.2) is 18.2 Å². The van der Waals surface area contributed by atoms with Gasteiger partial charge in [0.1, 0.15) is 0 Å². The number of likely N-dealkylation sites (tertiary alicyclic amines) is 1. The summed E-state index contributed by atoms with van der Waals surface area (Å²) in [7, 11) is 1.90. The van der Waals surface area contributed by atoms with Crippen molar-refractivity contribution in [2.75, 3.05) is 13.6 Å². The predicted molar refractivity (Wildman–Crippen MR) is 80.7 cm³/mol. The molecule has 1 heterocycles. The van der Waals surface area contributed by atoms with Crippen molar-refractivity contribution >= 4 is 5.91 Å². The van der Waals surface area contributed by atoms with Gasteiger partial charge in [0.05, 0.1) is 0 Å². The molecule has 1 aromatic rings. The molecule has 1 amide bonds. The van der Waals surface area contributed by atoms with Gasteiger partial charge in [-0.3, -0.25) is 4.79 Å². The third kappa shape index (κ3) is 2.73. The second-order valence-electron chi connectivity index (χ2n) is 6.28. The number of piperidine rings is 1. The number of hydrogen-bond donors (Lipinski definition) is 1. The van der Waals surface area contributed by atoms with Crippen molar-refractivity contribution < 1.29 is 4.79 Å². The van der Waals surface area contributed by atoms with Gasteiger partial charge in [-0.25, -0.2) is 0 Å². The molecule has 2 atom stereocenters. The van der Waals surface area contributed by atoms with Crippen molar-refractivity contribution in [1.29, 1.82) is 0 Å². The van der Waals surface area contributed by atoms with Crippen LogP contribution in [0.3, 0.4) is 0 Å². The summed E-state index contributed by atoms with van der Waals surface area (Å²) in [4.78, 5) is 13.4. The van der Waals surface area contributed by atoms with Gasteiger partial charge < -0.3 is 10.2 Å². The van der Waals surface area contributed by atoms with Crippen molar-refractivity contribution in [3.8, 4) is 0 Å². The fourth-order valence-electron chi connectivity index (χ4n) is 3.46. The quantitative estimate of drug-likeness (QED) is 0.916. The molecule has 0 spiro atoms. The van der Waals surface area contributed by atoms with Gasteiger partial charge in [-0.2, -0.15) is 0 Å². The number of rotatable bonds is 3. The lowest BCUT2D eigenvalue weighted by atomic mass is 9.99. The normalized spacial score (nSPS) is 23.8. The van der Waals surface area contributed by atoms with Gasteiger partial charge in [-0.05, 0) is 49.3 Å². The Bertz CT molecular complexity index is 512. The highest BCUT2D eigenvalue weighted by molar-refractivity contribution is 5.76. The van der Waals surface area contributed by atoms with E-state index in [0.717, 1.165) is 13.0 Å². The topological polar surface area (TPSA) is 32.3 Å². The monoisotopic (exact) mass is 272 g/mol. The Labute approximate surface area is 121 Å². The fraction of sp³-hybridized carbons (Fsp3) is 0.588. The highest BCUT2D eigenvalue weighted by atomic mass is 16.2. The van der Waals surface area contributed by atoms with E-state index in [1.54, 1.807) is 0 Å². The van der Waals surface area contributed by atoms with Crippen molar-refractivity contribution in [2.45, 2.75) is 51.1 Å². The van der Waals surface area contributed by atoms with Gasteiger partial charge in [0.2, 0.25) is 5.91 Å². The van der Waals surface area contributed by atoms with Gasteiger partial charge in [0.15, 0.2) is 0 Å². The smallest absolute Gasteiger partial charge is 0.222 e. The molecule has 1 fully saturated rings. The molecule has 1 aliphatic heterocycles. The van der Waals surface area contributed by atoms with Gasteiger partial charge in [0, 0.05) is 32.1 Å². The zero-order valence-corrected chi connectivity index (χ0v) is 12.5. The van der Waals surface area contributed by atoms with Crippen molar-refractivity contribution in [1.82, 2.24) is 10.2 Å². The van der Waals surface area contributed by atoms with E-state index in [0.29, 0.717) is 18.5 Å². The number of benzene rings is 1. The first-order valence-electron chi connectivity index (χ1n) is 7.75. The Morgan fingerprint density at radius 2 is 2.05 bits per heavy atom. The number of aryl methyl sites for hydroxylation is 2. The molecule has 20 heavy (non-hydrogen) atoms. The second kappa shape index (κ2) is 5.57. The van der Waals surface area contributed by atoms with Crippen molar-refractivity contribution in [3.63, 3.8) is 0 Å². The summed E-state index contributed by atoms with van der Waals surface area (Å²) in [6.07, 6.45) is 5.41. The van der Waals surface area contributed by atoms with Crippen LogP contribution < -0.4 is 5.32 Å². The van der Waals surface area contributed by atoms with Gasteiger partial charge in [-0.1, -0.05) is 18.2 Å². The molecule has 0 radical (unpaired) electrons. The predicted octanol–water partition coefficient (Wildman–Crippen LogP) is 2.45. The molecule has 1 aliphatic carbocycles. The number of carbonyl (C=O) groups excluding carboxylic acids is 1. The van der Waals surface area contributed by atoms with E-state index in [-0.39, 0.29) is 5.91 Å². The summed E-state index contributed by atoms with van der Waals surface area (Å²) in [5, 5.41) is 3.68. The maximum atomic E-state index is 11.5. The molecule has 2 unspecified atom stereocenters. The minimum absolute atomic E-state index is 0.272. The molecular weight excluding hydrogens is 248 g/mol. The number of carbonyl (C=O) groups is 1. The summed E-state index contributed by atoms with van der Waals surface area (Å²) in [5.41, 5.74) is 4.45. The highest BCUT2D eigenvalue weighted by Gasteiger charge is 2.24. The van der Waals surface area contributed by atoms with Crippen LogP contribution in [0.5, 0.6) is 0 Å². The Hall–Kier alpha value is -1.35. The molecule has 0 bridgehead atoms. The Morgan fingerprint density at radius 1 is 1.25 bits per heavy atom. The SMILES string of the molecule is CC(NC1CCC(=O)N(C)C1)c1ccc2c(c1)CCC2. The van der Waals surface area contributed by atoms with Crippen LogP contribution in [0.2, 0.25) is 0 Å². The van der Waals surface area contributed by atoms with E-state index in [1.165, 1.54) is 36.0 Å². The maximum absolute atomic E-state index is 11.5. The highest BCUT2D eigenvalue weighted by Crippen LogP contribution is 2.26. The number of nitrogens with one attached hydrogen (secondary N) is 1. The third-order valence-electron chi connectivity index (χ3n) is 4.73. The third-order valence-corrected chi connectivity index (χ3v) is 4.73. The first-order chi connectivity index (χ1) is 9.63. The maximum Gasteiger partial charge on any atom is 0.222 e. The van der Waals surface area contributed by atoms with Crippen LogP contribution >= 0.6 is 0 Å². The molecule has 3 rings (SSSR count). The zero-order chi connectivity index (χ0) is 14.1. The first-order valence-corrected chi connectivity index (χ1v) is 7.75. The van der Waals surface area contributed by atoms with E-state index in [9.17, 15) is 4.79 Å². The van der Waals surface area contributed by atoms with Crippen molar-refractivity contribution in [3.05, 3.63) is 34.9 Å². The molecule has 108 valence electrons. The summed E-state index contributed by atoms with van der Waals surface area (Å²) in [5.74, 6) is 0.272. The lowest BCUT2D eigenvalue weighted by molar-refractivity contribution is -0.132. The van der Waals surface area contributed by atoms with E-state index in [2.05, 4.69) is 30.4 Å². The second-order valence-corrected chi connectivity index (χ2v) is 6.28. The summed E-state index contributed by atoms with van der Waals surface area (Å²) >= 11 is 0. The fourth-order valence-corrected chi connectivity index (χ4v) is 3.46. The lowest BCUT2D eigenvalue weighted by Crippen LogP contribution is -2.47. The zero-order valence-electron chi connectivity index (χ0n) is 12.5. The van der Waals surface area contributed by atoms with Gasteiger partial charge in [-0.15, -0.1) is 0 Å². The van der Waals surface area contributed by atoms with Crippen LogP contribution in [0.1, 0.15) is 48.9 Å². The van der Waals surface area contributed by atoms with Gasteiger partial charge in [0.25, 0.3) is 0 Å². The molecule has 2 aliphatic rings. The Kier molecular flexibility index (Phi) is 3.79. The largest absolute Gasteiger partial charge is 0.344 e. The van der Waals surface area contributed by atoms with Crippen molar-refractivity contribution in [2.24, 2.45) is 0 Å². The Balaban J connectivity index is 1.64. The Morgan fingerprint density at radius 3 is 2.85 bits per heavy atom. The average molecular weight is 272 g/mol. The minimum Gasteiger partial charge on any atom is -0.344 e. The van der Waals surface area contributed by atoms with Crippen LogP contribution in [0.4, 0.5) is 0 Å². The van der Waals surface area contributed by atoms with E-state index >= 15 is 0 Å². The average Bonchev–Trinajstić information content (AvgIpc) is 2.90. The lowest BCUT2D eigenvalue weighted by Gasteiger charge is -2.32. The molecule has 3 heteroatoms. The molecule has 0 aromatic heterocycles. The minimum atomic E-state index is 0.272. The summed E-state index contributed by atoms with van der Waals surface area (Å²) < 4.78 is 0. The number of hydrogen-bond acceptors (Lipinski definition) is 2. The van der Waals surface area contributed by atoms with Crippen LogP contribution in [-0.2, 0) is 17.6 Å². The summed E-state index contributed by atoms with van der Waals surface area (Å²) in [6.45, 7) is 3.06. The van der Waals surface area contributed by atoms with Crippen LogP contribution in [-0.4, -0.2) is 30.4 Å². The van der Waals surface area contributed by atoms with E-state index in [1.807, 2.05) is 11.9 Å². The molecule has 3 nitrogen and oxygen atoms in total. The summed E-state index contributed by atoms with van der Waals surface area (Å²) in [6, 6.07) is 7.71. The van der Waals surface area contributed by atoms with E-state index in [4.69, 9.17) is 0 Å². The molecule has 1 N–H and O–H groups in total.